The molecule has 1 amide bonds. The van der Waals surface area contributed by atoms with E-state index in [1.165, 1.54) is 231 Å². The van der Waals surface area contributed by atoms with E-state index in [9.17, 15) is 19.4 Å². The van der Waals surface area contributed by atoms with Gasteiger partial charge in [0, 0.05) is 6.42 Å². The molecule has 0 aromatic heterocycles. The number of hydrogen-bond donors (Lipinski definition) is 3. The van der Waals surface area contributed by atoms with Crippen LogP contribution >= 0.6 is 7.82 Å². The lowest BCUT2D eigenvalue weighted by atomic mass is 10.0. The van der Waals surface area contributed by atoms with Crippen LogP contribution < -0.4 is 5.32 Å². The molecule has 0 aromatic rings. The Morgan fingerprint density at radius 2 is 0.826 bits per heavy atom. The molecule has 0 spiro atoms. The van der Waals surface area contributed by atoms with Crippen LogP contribution in [0.4, 0.5) is 0 Å². The van der Waals surface area contributed by atoms with E-state index in [4.69, 9.17) is 9.05 Å². The average molecular weight is 997 g/mol. The molecular weight excluding hydrogens is 876 g/mol. The third kappa shape index (κ3) is 54.6. The molecule has 69 heavy (non-hydrogen) atoms. The predicted octanol–water partition coefficient (Wildman–Crippen LogP) is 18.4. The molecule has 0 fully saturated rings. The van der Waals surface area contributed by atoms with E-state index in [0.717, 1.165) is 44.9 Å². The maximum Gasteiger partial charge on any atom is 0.472 e. The van der Waals surface area contributed by atoms with E-state index in [1.807, 2.05) is 21.1 Å². The van der Waals surface area contributed by atoms with Gasteiger partial charge in [0.2, 0.25) is 5.91 Å². The highest BCUT2D eigenvalue weighted by Gasteiger charge is 2.28. The van der Waals surface area contributed by atoms with Gasteiger partial charge in [-0.2, -0.15) is 0 Å². The first-order valence-electron chi connectivity index (χ1n) is 30.2. The molecule has 0 bridgehead atoms. The number of rotatable bonds is 56. The summed E-state index contributed by atoms with van der Waals surface area (Å²) in [7, 11) is 1.62. The van der Waals surface area contributed by atoms with Crippen molar-refractivity contribution in [2.75, 3.05) is 40.9 Å². The van der Waals surface area contributed by atoms with Gasteiger partial charge in [-0.25, -0.2) is 4.57 Å². The van der Waals surface area contributed by atoms with E-state index in [0.29, 0.717) is 23.9 Å². The standard InChI is InChI=1S/C60H119N2O6P/c1-6-8-10-12-14-16-18-20-22-24-26-28-29-30-31-32-34-35-37-39-41-43-45-47-49-51-53-59(63)58(57-68-69(65,66)67-56-55-62(3,4)5)61-60(64)54-52-50-48-46-44-42-40-38-36-33-27-25-23-21-19-17-15-13-11-9-7-2/h19,21,25,27,58-59,63H,6-18,20,22-24,26,28-57H2,1-5H3,(H-,61,64,65,66)/p+1/b21-19-,27-25-. The van der Waals surface area contributed by atoms with Crippen LogP contribution in [0, 0.1) is 0 Å². The number of carbonyl (C=O) groups is 1. The lowest BCUT2D eigenvalue weighted by Crippen LogP contribution is -2.46. The van der Waals surface area contributed by atoms with Crippen LogP contribution in [0.2, 0.25) is 0 Å². The number of amides is 1. The molecule has 0 heterocycles. The van der Waals surface area contributed by atoms with Crippen molar-refractivity contribution in [3.8, 4) is 0 Å². The summed E-state index contributed by atoms with van der Waals surface area (Å²) in [5, 5.41) is 14.1. The van der Waals surface area contributed by atoms with Crippen LogP contribution in [0.3, 0.4) is 0 Å². The van der Waals surface area contributed by atoms with Gasteiger partial charge < -0.3 is 19.8 Å². The highest BCUT2D eigenvalue weighted by Crippen LogP contribution is 2.43. The molecule has 9 heteroatoms. The lowest BCUT2D eigenvalue weighted by Gasteiger charge is -2.26. The number of phosphoric acid groups is 1. The van der Waals surface area contributed by atoms with Gasteiger partial charge in [-0.15, -0.1) is 0 Å². The molecule has 410 valence electrons. The topological polar surface area (TPSA) is 105 Å². The van der Waals surface area contributed by atoms with Crippen molar-refractivity contribution in [2.24, 2.45) is 0 Å². The van der Waals surface area contributed by atoms with Gasteiger partial charge in [-0.3, -0.25) is 13.8 Å². The van der Waals surface area contributed by atoms with E-state index < -0.39 is 20.0 Å². The zero-order chi connectivity index (χ0) is 50.6. The molecule has 0 saturated heterocycles. The number of likely N-dealkylation sites (N-methyl/N-ethyl adjacent to an activating group) is 1. The van der Waals surface area contributed by atoms with Gasteiger partial charge in [0.15, 0.2) is 0 Å². The Hall–Kier alpha value is -1.02. The summed E-state index contributed by atoms with van der Waals surface area (Å²) in [6, 6.07) is -0.763. The first-order valence-corrected chi connectivity index (χ1v) is 31.7. The minimum atomic E-state index is -4.32. The van der Waals surface area contributed by atoms with E-state index in [-0.39, 0.29) is 19.1 Å². The van der Waals surface area contributed by atoms with Crippen LogP contribution in [0.1, 0.15) is 303 Å². The van der Waals surface area contributed by atoms with Gasteiger partial charge in [-0.1, -0.05) is 276 Å². The second-order valence-corrected chi connectivity index (χ2v) is 23.5. The number of nitrogens with one attached hydrogen (secondary N) is 1. The van der Waals surface area contributed by atoms with Crippen LogP contribution in [-0.2, 0) is 18.4 Å². The smallest absolute Gasteiger partial charge is 0.391 e. The minimum absolute atomic E-state index is 0.0751. The Morgan fingerprint density at radius 3 is 1.19 bits per heavy atom. The summed E-state index contributed by atoms with van der Waals surface area (Å²) in [5.74, 6) is -0.144. The van der Waals surface area contributed by atoms with Gasteiger partial charge in [0.25, 0.3) is 0 Å². The van der Waals surface area contributed by atoms with E-state index in [2.05, 4.69) is 43.5 Å². The summed E-state index contributed by atoms with van der Waals surface area (Å²) in [5.41, 5.74) is 0. The number of nitrogens with zero attached hydrogens (tertiary/aromatic N) is 1. The van der Waals surface area contributed by atoms with Gasteiger partial charge in [0.1, 0.15) is 13.2 Å². The molecule has 0 aromatic carbocycles. The number of hydrogen-bond acceptors (Lipinski definition) is 5. The van der Waals surface area contributed by atoms with Crippen molar-refractivity contribution in [2.45, 2.75) is 315 Å². The molecule has 0 radical (unpaired) electrons. The second-order valence-electron chi connectivity index (χ2n) is 22.1. The maximum absolute atomic E-state index is 13.0. The monoisotopic (exact) mass is 996 g/mol. The Balaban J connectivity index is 4.12. The van der Waals surface area contributed by atoms with Crippen LogP contribution in [0.25, 0.3) is 0 Å². The Bertz CT molecular complexity index is 1170. The molecule has 0 aliphatic heterocycles. The number of phosphoric ester groups is 1. The zero-order valence-corrected chi connectivity index (χ0v) is 47.7. The third-order valence-corrected chi connectivity index (χ3v) is 14.9. The van der Waals surface area contributed by atoms with Crippen LogP contribution in [0.5, 0.6) is 0 Å². The average Bonchev–Trinajstić information content (AvgIpc) is 3.31. The summed E-state index contributed by atoms with van der Waals surface area (Å²) in [6.45, 7) is 4.92. The van der Waals surface area contributed by atoms with E-state index >= 15 is 0 Å². The van der Waals surface area contributed by atoms with Crippen molar-refractivity contribution in [1.82, 2.24) is 5.32 Å². The third-order valence-electron chi connectivity index (χ3n) is 14.0. The van der Waals surface area contributed by atoms with Crippen molar-refractivity contribution >= 4 is 13.7 Å². The van der Waals surface area contributed by atoms with Gasteiger partial charge in [0.05, 0.1) is 39.9 Å². The molecule has 3 N–H and O–H groups in total. The van der Waals surface area contributed by atoms with E-state index in [1.54, 1.807) is 0 Å². The zero-order valence-electron chi connectivity index (χ0n) is 46.8. The van der Waals surface area contributed by atoms with Crippen molar-refractivity contribution in [3.63, 3.8) is 0 Å². The largest absolute Gasteiger partial charge is 0.472 e. The molecule has 0 aliphatic carbocycles. The maximum atomic E-state index is 13.0. The molecule has 0 aliphatic rings. The first-order chi connectivity index (χ1) is 33.5. The number of aliphatic hydroxyl groups is 1. The van der Waals surface area contributed by atoms with Gasteiger partial charge in [-0.05, 0) is 44.9 Å². The molecule has 8 nitrogen and oxygen atoms in total. The first kappa shape index (κ1) is 68.0. The summed E-state index contributed by atoms with van der Waals surface area (Å²) < 4.78 is 23.8. The van der Waals surface area contributed by atoms with Crippen LogP contribution in [0.15, 0.2) is 24.3 Å². The number of allylic oxidation sites excluding steroid dienone is 4. The quantitative estimate of drug-likeness (QED) is 0.0243. The fourth-order valence-electron chi connectivity index (χ4n) is 9.20. The number of unbranched alkanes of at least 4 members (excludes halogenated alkanes) is 39. The summed E-state index contributed by atoms with van der Waals surface area (Å²) in [6.07, 6.45) is 65.2. The highest BCUT2D eigenvalue weighted by atomic mass is 31.2. The Morgan fingerprint density at radius 1 is 0.493 bits per heavy atom. The molecular formula is C60H120N2O6P+. The molecule has 3 unspecified atom stereocenters. The summed E-state index contributed by atoms with van der Waals surface area (Å²) >= 11 is 0. The van der Waals surface area contributed by atoms with Crippen molar-refractivity contribution in [3.05, 3.63) is 24.3 Å². The number of carbonyl (C=O) groups excluding carboxylic acids is 1. The molecule has 3 atom stereocenters. The van der Waals surface area contributed by atoms with Crippen LogP contribution in [-0.4, -0.2) is 73.4 Å². The van der Waals surface area contributed by atoms with Crippen molar-refractivity contribution in [1.29, 1.82) is 0 Å². The minimum Gasteiger partial charge on any atom is -0.391 e. The summed E-state index contributed by atoms with van der Waals surface area (Å²) in [4.78, 5) is 23.4. The number of aliphatic hydroxyl groups excluding tert-OH is 1. The molecule has 0 saturated carbocycles. The fraction of sp³-hybridized carbons (Fsp3) is 0.917. The van der Waals surface area contributed by atoms with Gasteiger partial charge >= 0.3 is 7.82 Å². The Kier molecular flexibility index (Phi) is 51.1. The fourth-order valence-corrected chi connectivity index (χ4v) is 9.93. The predicted molar refractivity (Wildman–Crippen MR) is 300 cm³/mol. The normalized spacial score (nSPS) is 14.0. The number of quaternary nitrogens is 1. The molecule has 0 rings (SSSR count). The lowest BCUT2D eigenvalue weighted by molar-refractivity contribution is -0.870. The highest BCUT2D eigenvalue weighted by molar-refractivity contribution is 7.47. The van der Waals surface area contributed by atoms with Crippen molar-refractivity contribution < 1.29 is 32.9 Å². The second kappa shape index (κ2) is 51.9. The SMILES string of the molecule is CCCCCCC/C=C\C/C=C\CCCCCCCCCCCC(=O)NC(COP(=O)(O)OCC[N+](C)(C)C)C(O)CCCCCCCCCCCCCCCCCCCCCCCCCCCC. The Labute approximate surface area is 430 Å².